The average Bonchev–Trinajstić information content (AvgIpc) is 2.93. The van der Waals surface area contributed by atoms with Crippen LogP contribution in [0.25, 0.3) is 11.1 Å². The van der Waals surface area contributed by atoms with E-state index in [1.807, 2.05) is 65.6 Å². The highest BCUT2D eigenvalue weighted by Crippen LogP contribution is 2.27. The smallest absolute Gasteiger partial charge is 0.253 e. The summed E-state index contributed by atoms with van der Waals surface area (Å²) in [6.45, 7) is 1.74. The van der Waals surface area contributed by atoms with Crippen molar-refractivity contribution in [3.63, 3.8) is 0 Å². The number of carbonyl (C=O) groups is 2. The van der Waals surface area contributed by atoms with E-state index in [2.05, 4.69) is 17.4 Å². The zero-order valence-electron chi connectivity index (χ0n) is 20.3. The topological polar surface area (TPSA) is 67.9 Å². The molecule has 1 aliphatic rings. The number of hydrogen-bond acceptors (Lipinski definition) is 4. The van der Waals surface area contributed by atoms with Crippen LogP contribution in [0.2, 0.25) is 0 Å². The Morgan fingerprint density at radius 3 is 2.17 bits per heavy atom. The molecular weight excluding hydrogens is 440 g/mol. The lowest BCUT2D eigenvalue weighted by molar-refractivity contribution is -0.126. The van der Waals surface area contributed by atoms with Gasteiger partial charge < -0.3 is 19.7 Å². The number of amides is 2. The first kappa shape index (κ1) is 24.3. The molecule has 2 amide bonds. The second kappa shape index (κ2) is 11.6. The van der Waals surface area contributed by atoms with Crippen molar-refractivity contribution in [3.8, 4) is 22.6 Å². The van der Waals surface area contributed by atoms with E-state index in [1.165, 1.54) is 0 Å². The Labute approximate surface area is 206 Å². The molecule has 0 saturated carbocycles. The SMILES string of the molecule is COc1ccc(CCNC(=O)C2CCN(C(=O)c3ccc(-c4ccccc4)cc3)CC2)cc1OC. The van der Waals surface area contributed by atoms with Crippen LogP contribution in [0.4, 0.5) is 0 Å². The van der Waals surface area contributed by atoms with Crippen molar-refractivity contribution >= 4 is 11.8 Å². The molecular formula is C29H32N2O4. The van der Waals surface area contributed by atoms with Gasteiger partial charge in [0.1, 0.15) is 0 Å². The third-order valence-electron chi connectivity index (χ3n) is 6.55. The molecule has 182 valence electrons. The summed E-state index contributed by atoms with van der Waals surface area (Å²) in [6, 6.07) is 23.6. The number of hydrogen-bond donors (Lipinski definition) is 1. The number of piperidine rings is 1. The van der Waals surface area contributed by atoms with Crippen LogP contribution in [0.1, 0.15) is 28.8 Å². The van der Waals surface area contributed by atoms with Gasteiger partial charge in [-0.25, -0.2) is 0 Å². The Bertz CT molecular complexity index is 1140. The fraction of sp³-hybridized carbons (Fsp3) is 0.310. The van der Waals surface area contributed by atoms with Gasteiger partial charge in [0, 0.05) is 31.1 Å². The van der Waals surface area contributed by atoms with Crippen molar-refractivity contribution in [1.29, 1.82) is 0 Å². The maximum atomic E-state index is 13.0. The first-order chi connectivity index (χ1) is 17.1. The molecule has 1 N–H and O–H groups in total. The fourth-order valence-electron chi connectivity index (χ4n) is 4.47. The highest BCUT2D eigenvalue weighted by molar-refractivity contribution is 5.95. The minimum absolute atomic E-state index is 0.0249. The first-order valence-electron chi connectivity index (χ1n) is 12.0. The van der Waals surface area contributed by atoms with E-state index >= 15 is 0 Å². The van der Waals surface area contributed by atoms with Crippen LogP contribution in [0, 0.1) is 5.92 Å². The lowest BCUT2D eigenvalue weighted by Crippen LogP contribution is -2.43. The van der Waals surface area contributed by atoms with Gasteiger partial charge in [-0.3, -0.25) is 9.59 Å². The van der Waals surface area contributed by atoms with Gasteiger partial charge in [0.15, 0.2) is 11.5 Å². The molecule has 1 fully saturated rings. The van der Waals surface area contributed by atoms with E-state index in [-0.39, 0.29) is 17.7 Å². The summed E-state index contributed by atoms with van der Waals surface area (Å²) in [4.78, 5) is 27.5. The molecule has 0 aromatic heterocycles. The third kappa shape index (κ3) is 6.01. The molecule has 3 aromatic rings. The maximum absolute atomic E-state index is 13.0. The minimum Gasteiger partial charge on any atom is -0.493 e. The van der Waals surface area contributed by atoms with E-state index in [9.17, 15) is 9.59 Å². The Hall–Kier alpha value is -3.80. The largest absolute Gasteiger partial charge is 0.493 e. The molecule has 0 spiro atoms. The first-order valence-corrected chi connectivity index (χ1v) is 12.0. The molecule has 6 nitrogen and oxygen atoms in total. The van der Waals surface area contributed by atoms with Gasteiger partial charge in [0.2, 0.25) is 5.91 Å². The van der Waals surface area contributed by atoms with Crippen molar-refractivity contribution < 1.29 is 19.1 Å². The van der Waals surface area contributed by atoms with Gasteiger partial charge in [-0.2, -0.15) is 0 Å². The fourth-order valence-corrected chi connectivity index (χ4v) is 4.47. The summed E-state index contributed by atoms with van der Waals surface area (Å²) in [7, 11) is 3.22. The molecule has 0 unspecified atom stereocenters. The molecule has 0 bridgehead atoms. The molecule has 4 rings (SSSR count). The predicted octanol–water partition coefficient (Wildman–Crippen LogP) is 4.58. The van der Waals surface area contributed by atoms with Gasteiger partial charge in [0.05, 0.1) is 14.2 Å². The summed E-state index contributed by atoms with van der Waals surface area (Å²) in [5.74, 6) is 1.39. The predicted molar refractivity (Wildman–Crippen MR) is 137 cm³/mol. The van der Waals surface area contributed by atoms with Crippen LogP contribution >= 0.6 is 0 Å². The van der Waals surface area contributed by atoms with Gasteiger partial charge in [-0.15, -0.1) is 0 Å². The molecule has 0 atom stereocenters. The average molecular weight is 473 g/mol. The number of methoxy groups -OCH3 is 2. The molecule has 6 heteroatoms. The van der Waals surface area contributed by atoms with Crippen LogP contribution in [0.5, 0.6) is 11.5 Å². The van der Waals surface area contributed by atoms with Crippen LogP contribution in [-0.4, -0.2) is 50.6 Å². The van der Waals surface area contributed by atoms with E-state index in [1.54, 1.807) is 14.2 Å². The number of benzene rings is 3. The van der Waals surface area contributed by atoms with E-state index in [4.69, 9.17) is 9.47 Å². The molecule has 1 heterocycles. The summed E-state index contributed by atoms with van der Waals surface area (Å²) in [5.41, 5.74) is 3.97. The summed E-state index contributed by atoms with van der Waals surface area (Å²) < 4.78 is 10.6. The Morgan fingerprint density at radius 1 is 0.857 bits per heavy atom. The standard InChI is InChI=1S/C29H32N2O4/c1-34-26-13-8-21(20-27(26)35-2)14-17-30-28(32)24-15-18-31(19-16-24)29(33)25-11-9-23(10-12-25)22-6-4-3-5-7-22/h3-13,20,24H,14-19H2,1-2H3,(H,30,32). The maximum Gasteiger partial charge on any atom is 0.253 e. The normalized spacial score (nSPS) is 13.8. The third-order valence-corrected chi connectivity index (χ3v) is 6.55. The summed E-state index contributed by atoms with van der Waals surface area (Å²) >= 11 is 0. The summed E-state index contributed by atoms with van der Waals surface area (Å²) in [6.07, 6.45) is 2.06. The number of nitrogens with zero attached hydrogens (tertiary/aromatic N) is 1. The molecule has 1 aliphatic heterocycles. The van der Waals surface area contributed by atoms with Crippen LogP contribution in [0.3, 0.4) is 0 Å². The van der Waals surface area contributed by atoms with Gasteiger partial charge in [-0.1, -0.05) is 48.5 Å². The van der Waals surface area contributed by atoms with E-state index in [0.717, 1.165) is 16.7 Å². The Balaban J connectivity index is 1.24. The Morgan fingerprint density at radius 2 is 1.51 bits per heavy atom. The van der Waals surface area contributed by atoms with Crippen LogP contribution in [0.15, 0.2) is 72.8 Å². The highest BCUT2D eigenvalue weighted by Gasteiger charge is 2.27. The Kier molecular flexibility index (Phi) is 8.03. The zero-order valence-corrected chi connectivity index (χ0v) is 20.3. The number of ether oxygens (including phenoxy) is 2. The van der Waals surface area contributed by atoms with Crippen molar-refractivity contribution in [2.24, 2.45) is 5.92 Å². The quantitative estimate of drug-likeness (QED) is 0.521. The van der Waals surface area contributed by atoms with Crippen LogP contribution in [-0.2, 0) is 11.2 Å². The molecule has 35 heavy (non-hydrogen) atoms. The van der Waals surface area contributed by atoms with Crippen LogP contribution < -0.4 is 14.8 Å². The minimum atomic E-state index is -0.0649. The second-order valence-electron chi connectivity index (χ2n) is 8.74. The van der Waals surface area contributed by atoms with Gasteiger partial charge in [-0.05, 0) is 60.2 Å². The summed E-state index contributed by atoms with van der Waals surface area (Å²) in [5, 5.41) is 3.05. The van der Waals surface area contributed by atoms with Gasteiger partial charge in [0.25, 0.3) is 5.91 Å². The van der Waals surface area contributed by atoms with Crippen molar-refractivity contribution in [2.75, 3.05) is 33.9 Å². The van der Waals surface area contributed by atoms with Crippen molar-refractivity contribution in [1.82, 2.24) is 10.2 Å². The molecule has 0 aliphatic carbocycles. The molecule has 0 radical (unpaired) electrons. The molecule has 1 saturated heterocycles. The second-order valence-corrected chi connectivity index (χ2v) is 8.74. The van der Waals surface area contributed by atoms with Gasteiger partial charge >= 0.3 is 0 Å². The number of likely N-dealkylation sites (tertiary alicyclic amines) is 1. The number of rotatable bonds is 8. The monoisotopic (exact) mass is 472 g/mol. The van der Waals surface area contributed by atoms with E-state index < -0.39 is 0 Å². The van der Waals surface area contributed by atoms with E-state index in [0.29, 0.717) is 56.0 Å². The lowest BCUT2D eigenvalue weighted by Gasteiger charge is -2.31. The highest BCUT2D eigenvalue weighted by atomic mass is 16.5. The van der Waals surface area contributed by atoms with Crippen molar-refractivity contribution in [2.45, 2.75) is 19.3 Å². The zero-order chi connectivity index (χ0) is 24.6. The van der Waals surface area contributed by atoms with Crippen molar-refractivity contribution in [3.05, 3.63) is 83.9 Å². The number of nitrogens with one attached hydrogen (secondary N) is 1. The molecule has 3 aromatic carbocycles. The number of carbonyl (C=O) groups excluding carboxylic acids is 2. The lowest BCUT2D eigenvalue weighted by atomic mass is 9.95.